The third-order valence-corrected chi connectivity index (χ3v) is 2.73. The van der Waals surface area contributed by atoms with Gasteiger partial charge in [-0.2, -0.15) is 5.10 Å². The standard InChI is InChI=1S/C12H23N3O3/c1-10(13-2)11-6-14-15(7-11)8-12(16)9-18-5-4-17-3/h6-7,10,12-13,16H,4-5,8-9H2,1-3H3. The number of ether oxygens (including phenoxy) is 2. The SMILES string of the molecule is CNC(C)c1cnn(CC(O)COCCOC)c1. The Labute approximate surface area is 108 Å². The van der Waals surface area contributed by atoms with E-state index < -0.39 is 6.10 Å². The number of aliphatic hydroxyl groups is 1. The van der Waals surface area contributed by atoms with Crippen molar-refractivity contribution >= 4 is 0 Å². The molecule has 1 heterocycles. The molecular weight excluding hydrogens is 234 g/mol. The zero-order valence-electron chi connectivity index (χ0n) is 11.3. The fourth-order valence-electron chi connectivity index (χ4n) is 1.50. The van der Waals surface area contributed by atoms with Gasteiger partial charge in [0.05, 0.1) is 38.7 Å². The summed E-state index contributed by atoms with van der Waals surface area (Å²) in [6, 6.07) is 0.258. The summed E-state index contributed by atoms with van der Waals surface area (Å²) in [5, 5.41) is 17.1. The predicted octanol–water partition coefficient (Wildman–Crippen LogP) is 0.187. The van der Waals surface area contributed by atoms with Gasteiger partial charge in [0.15, 0.2) is 0 Å². The van der Waals surface area contributed by atoms with Crippen molar-refractivity contribution in [3.8, 4) is 0 Å². The van der Waals surface area contributed by atoms with Gasteiger partial charge in [-0.1, -0.05) is 0 Å². The lowest BCUT2D eigenvalue weighted by molar-refractivity contribution is 0.00596. The van der Waals surface area contributed by atoms with Gasteiger partial charge in [0, 0.05) is 24.9 Å². The largest absolute Gasteiger partial charge is 0.389 e. The highest BCUT2D eigenvalue weighted by Crippen LogP contribution is 2.09. The van der Waals surface area contributed by atoms with E-state index in [9.17, 15) is 5.11 Å². The summed E-state index contributed by atoms with van der Waals surface area (Å²) in [4.78, 5) is 0. The number of rotatable bonds is 9. The molecule has 1 aromatic rings. The Kier molecular flexibility index (Phi) is 6.89. The number of methoxy groups -OCH3 is 1. The van der Waals surface area contributed by atoms with Gasteiger partial charge in [0.25, 0.3) is 0 Å². The smallest absolute Gasteiger partial charge is 0.0969 e. The summed E-state index contributed by atoms with van der Waals surface area (Å²) in [6.45, 7) is 3.82. The molecule has 0 radical (unpaired) electrons. The van der Waals surface area contributed by atoms with E-state index in [1.807, 2.05) is 13.2 Å². The quantitative estimate of drug-likeness (QED) is 0.618. The molecule has 2 atom stereocenters. The van der Waals surface area contributed by atoms with Gasteiger partial charge in [0.1, 0.15) is 0 Å². The average Bonchev–Trinajstić information content (AvgIpc) is 2.82. The average molecular weight is 257 g/mol. The van der Waals surface area contributed by atoms with E-state index in [1.54, 1.807) is 18.0 Å². The highest BCUT2D eigenvalue weighted by Gasteiger charge is 2.09. The van der Waals surface area contributed by atoms with Crippen LogP contribution >= 0.6 is 0 Å². The molecule has 0 spiro atoms. The zero-order chi connectivity index (χ0) is 13.4. The van der Waals surface area contributed by atoms with Crippen LogP contribution in [-0.4, -0.2) is 55.0 Å². The van der Waals surface area contributed by atoms with Gasteiger partial charge in [-0.15, -0.1) is 0 Å². The molecule has 18 heavy (non-hydrogen) atoms. The molecule has 6 heteroatoms. The molecule has 0 aliphatic carbocycles. The predicted molar refractivity (Wildman–Crippen MR) is 68.4 cm³/mol. The molecule has 0 aromatic carbocycles. The van der Waals surface area contributed by atoms with E-state index in [-0.39, 0.29) is 6.04 Å². The highest BCUT2D eigenvalue weighted by molar-refractivity contribution is 5.08. The molecule has 104 valence electrons. The number of nitrogens with zero attached hydrogens (tertiary/aromatic N) is 2. The van der Waals surface area contributed by atoms with Crippen LogP contribution in [0, 0.1) is 0 Å². The Morgan fingerprint density at radius 3 is 2.94 bits per heavy atom. The maximum absolute atomic E-state index is 9.76. The van der Waals surface area contributed by atoms with E-state index >= 15 is 0 Å². The Balaban J connectivity index is 2.30. The van der Waals surface area contributed by atoms with Gasteiger partial charge < -0.3 is 19.9 Å². The van der Waals surface area contributed by atoms with Crippen LogP contribution in [0.2, 0.25) is 0 Å². The van der Waals surface area contributed by atoms with Crippen molar-refractivity contribution in [3.05, 3.63) is 18.0 Å². The normalized spacial score (nSPS) is 14.7. The number of nitrogens with one attached hydrogen (secondary N) is 1. The van der Waals surface area contributed by atoms with E-state index in [2.05, 4.69) is 17.3 Å². The first-order valence-corrected chi connectivity index (χ1v) is 6.11. The van der Waals surface area contributed by atoms with Crippen molar-refractivity contribution in [1.29, 1.82) is 0 Å². The van der Waals surface area contributed by atoms with Crippen molar-refractivity contribution in [1.82, 2.24) is 15.1 Å². The van der Waals surface area contributed by atoms with E-state index in [4.69, 9.17) is 9.47 Å². The van der Waals surface area contributed by atoms with Crippen LogP contribution in [0.1, 0.15) is 18.5 Å². The van der Waals surface area contributed by atoms with Crippen LogP contribution < -0.4 is 5.32 Å². The first-order chi connectivity index (χ1) is 8.67. The molecule has 2 unspecified atom stereocenters. The fraction of sp³-hybridized carbons (Fsp3) is 0.750. The summed E-state index contributed by atoms with van der Waals surface area (Å²) >= 11 is 0. The Hall–Kier alpha value is -0.950. The van der Waals surface area contributed by atoms with Gasteiger partial charge in [-0.3, -0.25) is 4.68 Å². The van der Waals surface area contributed by atoms with Gasteiger partial charge in [-0.25, -0.2) is 0 Å². The van der Waals surface area contributed by atoms with E-state index in [0.29, 0.717) is 26.4 Å². The van der Waals surface area contributed by atoms with Crippen LogP contribution in [0.4, 0.5) is 0 Å². The summed E-state index contributed by atoms with van der Waals surface area (Å²) in [5.41, 5.74) is 1.10. The highest BCUT2D eigenvalue weighted by atomic mass is 16.5. The van der Waals surface area contributed by atoms with Crippen molar-refractivity contribution < 1.29 is 14.6 Å². The zero-order valence-corrected chi connectivity index (χ0v) is 11.3. The fourth-order valence-corrected chi connectivity index (χ4v) is 1.50. The number of aliphatic hydroxyl groups excluding tert-OH is 1. The summed E-state index contributed by atoms with van der Waals surface area (Å²) in [6.07, 6.45) is 3.18. The number of hydrogen-bond acceptors (Lipinski definition) is 5. The molecule has 0 fully saturated rings. The van der Waals surface area contributed by atoms with Gasteiger partial charge in [0.2, 0.25) is 0 Å². The van der Waals surface area contributed by atoms with Crippen molar-refractivity contribution in [2.45, 2.75) is 25.6 Å². The third kappa shape index (κ3) is 5.14. The minimum Gasteiger partial charge on any atom is -0.389 e. The lowest BCUT2D eigenvalue weighted by Crippen LogP contribution is -2.23. The molecule has 0 saturated carbocycles. The van der Waals surface area contributed by atoms with E-state index in [0.717, 1.165) is 5.56 Å². The van der Waals surface area contributed by atoms with Gasteiger partial charge >= 0.3 is 0 Å². The van der Waals surface area contributed by atoms with Crippen molar-refractivity contribution in [2.24, 2.45) is 0 Å². The Morgan fingerprint density at radius 2 is 2.28 bits per heavy atom. The number of hydrogen-bond donors (Lipinski definition) is 2. The number of aromatic nitrogens is 2. The lowest BCUT2D eigenvalue weighted by Gasteiger charge is -2.11. The molecule has 6 nitrogen and oxygen atoms in total. The summed E-state index contributed by atoms with van der Waals surface area (Å²) in [7, 11) is 3.52. The molecular formula is C12H23N3O3. The van der Waals surface area contributed by atoms with Crippen LogP contribution in [0.25, 0.3) is 0 Å². The van der Waals surface area contributed by atoms with Crippen LogP contribution in [-0.2, 0) is 16.0 Å². The van der Waals surface area contributed by atoms with Crippen molar-refractivity contribution in [2.75, 3.05) is 34.0 Å². The molecule has 1 rings (SSSR count). The Morgan fingerprint density at radius 1 is 1.50 bits per heavy atom. The summed E-state index contributed by atoms with van der Waals surface area (Å²) in [5.74, 6) is 0. The van der Waals surface area contributed by atoms with Crippen LogP contribution in [0.15, 0.2) is 12.4 Å². The summed E-state index contributed by atoms with van der Waals surface area (Å²) < 4.78 is 11.8. The lowest BCUT2D eigenvalue weighted by atomic mass is 10.2. The molecule has 0 saturated heterocycles. The first-order valence-electron chi connectivity index (χ1n) is 6.11. The Bertz CT molecular complexity index is 330. The molecule has 0 amide bonds. The monoisotopic (exact) mass is 257 g/mol. The molecule has 0 bridgehead atoms. The van der Waals surface area contributed by atoms with Gasteiger partial charge in [-0.05, 0) is 14.0 Å². The minimum atomic E-state index is -0.556. The second-order valence-corrected chi connectivity index (χ2v) is 4.23. The molecule has 0 aliphatic heterocycles. The minimum absolute atomic E-state index is 0.258. The first kappa shape index (κ1) is 15.1. The van der Waals surface area contributed by atoms with E-state index in [1.165, 1.54) is 0 Å². The molecule has 1 aromatic heterocycles. The maximum atomic E-state index is 9.76. The van der Waals surface area contributed by atoms with Crippen LogP contribution in [0.5, 0.6) is 0 Å². The van der Waals surface area contributed by atoms with Crippen molar-refractivity contribution in [3.63, 3.8) is 0 Å². The topological polar surface area (TPSA) is 68.5 Å². The molecule has 0 aliphatic rings. The maximum Gasteiger partial charge on any atom is 0.0969 e. The third-order valence-electron chi connectivity index (χ3n) is 2.73. The van der Waals surface area contributed by atoms with Crippen LogP contribution in [0.3, 0.4) is 0 Å². The molecule has 2 N–H and O–H groups in total. The second-order valence-electron chi connectivity index (χ2n) is 4.23. The second kappa shape index (κ2) is 8.20.